The Labute approximate surface area is 196 Å². The quantitative estimate of drug-likeness (QED) is 0.492. The van der Waals surface area contributed by atoms with Crippen LogP contribution in [-0.4, -0.2) is 34.5 Å². The monoisotopic (exact) mass is 466 g/mol. The third kappa shape index (κ3) is 5.93. The Morgan fingerprint density at radius 2 is 1.61 bits per heavy atom. The summed E-state index contributed by atoms with van der Waals surface area (Å²) in [5.74, 6) is 0.504. The first kappa shape index (κ1) is 24.3. The van der Waals surface area contributed by atoms with Crippen molar-refractivity contribution in [3.63, 3.8) is 0 Å². The number of hydrogen-bond donors (Lipinski definition) is 1. The number of rotatable bonds is 8. The maximum Gasteiger partial charge on any atom is 0.264 e. The third-order valence-corrected chi connectivity index (χ3v) is 7.01. The lowest BCUT2D eigenvalue weighted by Gasteiger charge is -2.22. The number of benzene rings is 3. The molecule has 0 radical (unpaired) electrons. The van der Waals surface area contributed by atoms with E-state index >= 15 is 0 Å². The molecule has 0 aromatic heterocycles. The second-order valence-electron chi connectivity index (χ2n) is 8.69. The molecular weight excluding hydrogens is 436 g/mol. The molecule has 174 valence electrons. The first-order valence-electron chi connectivity index (χ1n) is 10.8. The van der Waals surface area contributed by atoms with E-state index in [1.807, 2.05) is 24.3 Å². The fourth-order valence-corrected chi connectivity index (χ4v) is 4.58. The lowest BCUT2D eigenvalue weighted by atomic mass is 9.86. The van der Waals surface area contributed by atoms with Crippen molar-refractivity contribution in [2.45, 2.75) is 31.1 Å². The Hall–Kier alpha value is -3.32. The van der Waals surface area contributed by atoms with Gasteiger partial charge in [-0.1, -0.05) is 63.2 Å². The number of amides is 1. The minimum absolute atomic E-state index is 0.0492. The van der Waals surface area contributed by atoms with Gasteiger partial charge < -0.3 is 10.1 Å². The van der Waals surface area contributed by atoms with Crippen LogP contribution < -0.4 is 14.4 Å². The lowest BCUT2D eigenvalue weighted by molar-refractivity contribution is 0.0947. The lowest BCUT2D eigenvalue weighted by Crippen LogP contribution is -2.29. The molecule has 0 aliphatic rings. The van der Waals surface area contributed by atoms with Gasteiger partial charge in [-0.25, -0.2) is 8.42 Å². The molecule has 0 unspecified atom stereocenters. The van der Waals surface area contributed by atoms with E-state index in [4.69, 9.17) is 4.74 Å². The molecule has 0 bridgehead atoms. The Morgan fingerprint density at radius 1 is 0.939 bits per heavy atom. The summed E-state index contributed by atoms with van der Waals surface area (Å²) in [7, 11) is -2.25. The van der Waals surface area contributed by atoms with E-state index in [1.165, 1.54) is 11.4 Å². The summed E-state index contributed by atoms with van der Waals surface area (Å²) >= 11 is 0. The summed E-state index contributed by atoms with van der Waals surface area (Å²) < 4.78 is 32.8. The average Bonchev–Trinajstić information content (AvgIpc) is 2.81. The highest BCUT2D eigenvalue weighted by atomic mass is 32.2. The summed E-state index contributed by atoms with van der Waals surface area (Å²) in [6, 6.07) is 22.6. The van der Waals surface area contributed by atoms with Crippen LogP contribution in [0.4, 0.5) is 5.69 Å². The van der Waals surface area contributed by atoms with Crippen molar-refractivity contribution in [3.05, 3.63) is 90.0 Å². The maximum atomic E-state index is 12.9. The van der Waals surface area contributed by atoms with Crippen molar-refractivity contribution < 1.29 is 17.9 Å². The van der Waals surface area contributed by atoms with Gasteiger partial charge >= 0.3 is 0 Å². The molecule has 6 nitrogen and oxygen atoms in total. The highest BCUT2D eigenvalue weighted by Gasteiger charge is 2.22. The fourth-order valence-electron chi connectivity index (χ4n) is 3.37. The molecule has 1 N–H and O–H groups in total. The first-order chi connectivity index (χ1) is 15.6. The highest BCUT2D eigenvalue weighted by Crippen LogP contribution is 2.30. The molecule has 0 heterocycles. The Balaban J connectivity index is 1.63. The zero-order valence-corrected chi connectivity index (χ0v) is 20.2. The normalized spacial score (nSPS) is 11.6. The first-order valence-corrected chi connectivity index (χ1v) is 12.2. The van der Waals surface area contributed by atoms with Gasteiger partial charge in [0.15, 0.2) is 0 Å². The second-order valence-corrected chi connectivity index (χ2v) is 10.7. The number of carbonyl (C=O) groups excluding carboxylic acids is 1. The summed E-state index contributed by atoms with van der Waals surface area (Å²) in [4.78, 5) is 12.8. The number of para-hydroxylation sites is 1. The molecule has 3 rings (SSSR count). The SMILES string of the molecule is CN(c1cccc(C(=O)NCCOc2ccccc2C(C)(C)C)c1)S(=O)(=O)c1ccccc1. The second kappa shape index (κ2) is 10.1. The molecule has 0 atom stereocenters. The largest absolute Gasteiger partial charge is 0.491 e. The van der Waals surface area contributed by atoms with Gasteiger partial charge in [-0.05, 0) is 47.4 Å². The summed E-state index contributed by atoms with van der Waals surface area (Å²) in [5, 5.41) is 2.83. The smallest absolute Gasteiger partial charge is 0.264 e. The standard InChI is InChI=1S/C26H30N2O4S/c1-26(2,3)23-15-8-9-16-24(23)32-18-17-27-25(29)20-11-10-12-21(19-20)28(4)33(30,31)22-13-6-5-7-14-22/h5-16,19H,17-18H2,1-4H3,(H,27,29). The Kier molecular flexibility index (Phi) is 7.43. The predicted octanol–water partition coefficient (Wildman–Crippen LogP) is 4.62. The molecule has 0 saturated heterocycles. The van der Waals surface area contributed by atoms with E-state index in [9.17, 15) is 13.2 Å². The van der Waals surface area contributed by atoms with Gasteiger partial charge in [-0.3, -0.25) is 9.10 Å². The predicted molar refractivity (Wildman–Crippen MR) is 131 cm³/mol. The minimum Gasteiger partial charge on any atom is -0.491 e. The fraction of sp³-hybridized carbons (Fsp3) is 0.269. The van der Waals surface area contributed by atoms with Crippen molar-refractivity contribution in [1.82, 2.24) is 5.32 Å². The molecule has 0 fully saturated rings. The van der Waals surface area contributed by atoms with Gasteiger partial charge in [0, 0.05) is 12.6 Å². The Bertz CT molecular complexity index is 1200. The molecular formula is C26H30N2O4S. The molecule has 0 aliphatic carbocycles. The number of nitrogens with zero attached hydrogens (tertiary/aromatic N) is 1. The van der Waals surface area contributed by atoms with Crippen LogP contribution in [0.5, 0.6) is 5.75 Å². The molecule has 0 spiro atoms. The molecule has 3 aromatic carbocycles. The molecule has 33 heavy (non-hydrogen) atoms. The van der Waals surface area contributed by atoms with Crippen molar-refractivity contribution in [2.24, 2.45) is 0 Å². The van der Waals surface area contributed by atoms with Crippen LogP contribution in [0, 0.1) is 0 Å². The summed E-state index contributed by atoms with van der Waals surface area (Å²) in [6.45, 7) is 7.01. The summed E-state index contributed by atoms with van der Waals surface area (Å²) in [6.07, 6.45) is 0. The topological polar surface area (TPSA) is 75.7 Å². The van der Waals surface area contributed by atoms with Gasteiger partial charge in [0.1, 0.15) is 12.4 Å². The van der Waals surface area contributed by atoms with E-state index < -0.39 is 10.0 Å². The van der Waals surface area contributed by atoms with Crippen LogP contribution in [0.15, 0.2) is 83.8 Å². The van der Waals surface area contributed by atoms with E-state index in [-0.39, 0.29) is 16.2 Å². The zero-order valence-electron chi connectivity index (χ0n) is 19.4. The summed E-state index contributed by atoms with van der Waals surface area (Å²) in [5.41, 5.74) is 1.83. The Morgan fingerprint density at radius 3 is 2.30 bits per heavy atom. The molecule has 0 aliphatic heterocycles. The average molecular weight is 467 g/mol. The number of sulfonamides is 1. The number of carbonyl (C=O) groups is 1. The molecule has 0 saturated carbocycles. The van der Waals surface area contributed by atoms with Crippen LogP contribution >= 0.6 is 0 Å². The van der Waals surface area contributed by atoms with Gasteiger partial charge in [0.2, 0.25) is 0 Å². The minimum atomic E-state index is -3.72. The van der Waals surface area contributed by atoms with Crippen LogP contribution in [0.3, 0.4) is 0 Å². The van der Waals surface area contributed by atoms with Gasteiger partial charge in [0.25, 0.3) is 15.9 Å². The van der Waals surface area contributed by atoms with E-state index in [1.54, 1.807) is 54.6 Å². The van der Waals surface area contributed by atoms with Gasteiger partial charge in [-0.15, -0.1) is 0 Å². The van der Waals surface area contributed by atoms with Crippen LogP contribution in [-0.2, 0) is 15.4 Å². The van der Waals surface area contributed by atoms with Crippen LogP contribution in [0.1, 0.15) is 36.7 Å². The van der Waals surface area contributed by atoms with Crippen molar-refractivity contribution in [2.75, 3.05) is 24.5 Å². The number of anilines is 1. The molecule has 7 heteroatoms. The third-order valence-electron chi connectivity index (χ3n) is 5.21. The van der Waals surface area contributed by atoms with E-state index in [2.05, 4.69) is 26.1 Å². The van der Waals surface area contributed by atoms with Crippen molar-refractivity contribution >= 4 is 21.6 Å². The number of nitrogens with one attached hydrogen (secondary N) is 1. The van der Waals surface area contributed by atoms with Crippen molar-refractivity contribution in [1.29, 1.82) is 0 Å². The van der Waals surface area contributed by atoms with Gasteiger partial charge in [-0.2, -0.15) is 0 Å². The maximum absolute atomic E-state index is 12.9. The van der Waals surface area contributed by atoms with Crippen LogP contribution in [0.25, 0.3) is 0 Å². The molecule has 3 aromatic rings. The van der Waals surface area contributed by atoms with E-state index in [0.717, 1.165) is 11.3 Å². The van der Waals surface area contributed by atoms with Crippen molar-refractivity contribution in [3.8, 4) is 5.75 Å². The number of ether oxygens (including phenoxy) is 1. The highest BCUT2D eigenvalue weighted by molar-refractivity contribution is 7.92. The van der Waals surface area contributed by atoms with E-state index in [0.29, 0.717) is 24.4 Å². The van der Waals surface area contributed by atoms with Gasteiger partial charge in [0.05, 0.1) is 17.1 Å². The van der Waals surface area contributed by atoms with Crippen LogP contribution in [0.2, 0.25) is 0 Å². The number of hydrogen-bond acceptors (Lipinski definition) is 4. The zero-order chi connectivity index (χ0) is 24.1. The molecule has 1 amide bonds.